The summed E-state index contributed by atoms with van der Waals surface area (Å²) in [6.45, 7) is 10.6. The van der Waals surface area contributed by atoms with Crippen molar-refractivity contribution in [2.45, 2.75) is 33.7 Å². The molecular formula is C25H30N4O2S. The molecule has 4 rings (SSSR count). The molecule has 32 heavy (non-hydrogen) atoms. The van der Waals surface area contributed by atoms with Crippen molar-refractivity contribution in [3.05, 3.63) is 58.2 Å². The van der Waals surface area contributed by atoms with Gasteiger partial charge < -0.3 is 19.5 Å². The average Bonchev–Trinajstić information content (AvgIpc) is 3.18. The molecule has 2 aromatic carbocycles. The fourth-order valence-electron chi connectivity index (χ4n) is 3.91. The van der Waals surface area contributed by atoms with Crippen molar-refractivity contribution in [1.29, 1.82) is 0 Å². The Morgan fingerprint density at radius 1 is 1.19 bits per heavy atom. The third kappa shape index (κ3) is 5.11. The second-order valence-electron chi connectivity index (χ2n) is 7.93. The van der Waals surface area contributed by atoms with E-state index in [1.165, 1.54) is 5.56 Å². The van der Waals surface area contributed by atoms with Crippen LogP contribution in [0.2, 0.25) is 0 Å². The van der Waals surface area contributed by atoms with E-state index in [9.17, 15) is 4.79 Å². The lowest BCUT2D eigenvalue weighted by Crippen LogP contribution is -2.26. The molecule has 1 aliphatic rings. The number of ether oxygens (including phenoxy) is 1. The number of nitrogens with one attached hydrogen (secondary N) is 1. The highest BCUT2D eigenvalue weighted by Gasteiger charge is 2.18. The summed E-state index contributed by atoms with van der Waals surface area (Å²) in [4.78, 5) is 20.2. The molecule has 1 N–H and O–H groups in total. The van der Waals surface area contributed by atoms with Gasteiger partial charge in [-0.05, 0) is 68.9 Å². The van der Waals surface area contributed by atoms with Gasteiger partial charge >= 0.3 is 0 Å². The maximum atomic E-state index is 11.8. The number of amides is 1. The number of aromatic nitrogens is 1. The van der Waals surface area contributed by atoms with E-state index in [2.05, 4.69) is 59.1 Å². The van der Waals surface area contributed by atoms with Gasteiger partial charge in [0.1, 0.15) is 5.75 Å². The number of carbonyl (C=O) groups excluding carboxylic acids is 1. The number of carbonyl (C=O) groups is 1. The molecule has 0 radical (unpaired) electrons. The van der Waals surface area contributed by atoms with E-state index in [1.807, 2.05) is 24.3 Å². The molecule has 0 fully saturated rings. The number of nitrogens with zero attached hydrogens (tertiary/aromatic N) is 3. The first kappa shape index (κ1) is 22.3. The Labute approximate surface area is 193 Å². The fraction of sp³-hybridized carbons (Fsp3) is 0.360. The van der Waals surface area contributed by atoms with Crippen LogP contribution in [0.25, 0.3) is 11.3 Å². The Morgan fingerprint density at radius 3 is 2.81 bits per heavy atom. The first-order valence-electron chi connectivity index (χ1n) is 11.2. The van der Waals surface area contributed by atoms with E-state index in [0.29, 0.717) is 5.75 Å². The van der Waals surface area contributed by atoms with Gasteiger partial charge in [-0.3, -0.25) is 4.79 Å². The maximum Gasteiger partial charge on any atom is 0.262 e. The number of aryl methyl sites for hydroxylation is 1. The Hall–Kier alpha value is -2.90. The van der Waals surface area contributed by atoms with Crippen LogP contribution in [0.15, 0.2) is 52.8 Å². The number of hydrogen-bond donors (Lipinski definition) is 1. The summed E-state index contributed by atoms with van der Waals surface area (Å²) in [7, 11) is 0. The molecule has 0 saturated carbocycles. The fourth-order valence-corrected chi connectivity index (χ4v) is 4.86. The average molecular weight is 451 g/mol. The summed E-state index contributed by atoms with van der Waals surface area (Å²) < 4.78 is 7.82. The normalized spacial score (nSPS) is 13.8. The van der Waals surface area contributed by atoms with Crippen LogP contribution in [0, 0.1) is 6.92 Å². The van der Waals surface area contributed by atoms with Gasteiger partial charge in [-0.15, -0.1) is 11.3 Å². The first-order chi connectivity index (χ1) is 15.6. The van der Waals surface area contributed by atoms with Gasteiger partial charge in [-0.2, -0.15) is 0 Å². The van der Waals surface area contributed by atoms with Gasteiger partial charge in [0, 0.05) is 17.5 Å². The minimum atomic E-state index is -0.123. The zero-order chi connectivity index (χ0) is 22.5. The molecule has 7 heteroatoms. The highest BCUT2D eigenvalue weighted by Crippen LogP contribution is 2.33. The van der Waals surface area contributed by atoms with Crippen LogP contribution in [0.3, 0.4) is 0 Å². The molecule has 6 nitrogen and oxygen atoms in total. The second-order valence-corrected chi connectivity index (χ2v) is 8.77. The van der Waals surface area contributed by atoms with Crippen LogP contribution in [0.4, 0.5) is 11.4 Å². The summed E-state index contributed by atoms with van der Waals surface area (Å²) >= 11 is 1.64. The summed E-state index contributed by atoms with van der Waals surface area (Å²) in [5, 5.41) is 5.07. The van der Waals surface area contributed by atoms with Crippen LogP contribution in [0.1, 0.15) is 25.8 Å². The third-order valence-electron chi connectivity index (χ3n) is 5.68. The highest BCUT2D eigenvalue weighted by atomic mass is 32.1. The van der Waals surface area contributed by atoms with E-state index in [-0.39, 0.29) is 12.5 Å². The van der Waals surface area contributed by atoms with Crippen molar-refractivity contribution < 1.29 is 9.53 Å². The van der Waals surface area contributed by atoms with Crippen LogP contribution >= 0.6 is 11.3 Å². The zero-order valence-electron chi connectivity index (χ0n) is 18.9. The maximum absolute atomic E-state index is 11.8. The lowest BCUT2D eigenvalue weighted by molar-refractivity contribution is -0.118. The summed E-state index contributed by atoms with van der Waals surface area (Å²) in [5.74, 6) is 0.587. The van der Waals surface area contributed by atoms with E-state index in [0.717, 1.165) is 60.0 Å². The van der Waals surface area contributed by atoms with Crippen LogP contribution < -0.4 is 14.9 Å². The number of hydrogen-bond acceptors (Lipinski definition) is 5. The predicted molar refractivity (Wildman–Crippen MR) is 131 cm³/mol. The smallest absolute Gasteiger partial charge is 0.262 e. The van der Waals surface area contributed by atoms with Crippen LogP contribution in [-0.2, 0) is 11.3 Å². The number of anilines is 1. The monoisotopic (exact) mass is 450 g/mol. The standard InChI is InChI=1S/C25H30N4O2S/c1-4-28(5-2)12-7-13-29-22(17-32-25(29)26-20-9-6-8-18(3)14-20)19-10-11-23-21(15-19)27-24(30)16-31-23/h6,8-11,14-15,17H,4-5,7,12-13,16H2,1-3H3,(H,27,30). The first-order valence-corrected chi connectivity index (χ1v) is 12.0. The van der Waals surface area contributed by atoms with Gasteiger partial charge in [0.15, 0.2) is 11.4 Å². The topological polar surface area (TPSA) is 58.9 Å². The van der Waals surface area contributed by atoms with Crippen molar-refractivity contribution in [2.24, 2.45) is 4.99 Å². The molecule has 0 spiro atoms. The van der Waals surface area contributed by atoms with Gasteiger partial charge in [-0.1, -0.05) is 26.0 Å². The Balaban J connectivity index is 1.71. The van der Waals surface area contributed by atoms with E-state index < -0.39 is 0 Å². The van der Waals surface area contributed by atoms with Gasteiger partial charge in [0.25, 0.3) is 5.91 Å². The Morgan fingerprint density at radius 2 is 2.03 bits per heavy atom. The molecule has 3 aromatic rings. The van der Waals surface area contributed by atoms with E-state index in [4.69, 9.17) is 9.73 Å². The minimum absolute atomic E-state index is 0.0652. The lowest BCUT2D eigenvalue weighted by atomic mass is 10.1. The number of rotatable bonds is 8. The second kappa shape index (κ2) is 10.1. The van der Waals surface area contributed by atoms with Crippen LogP contribution in [0.5, 0.6) is 5.75 Å². The summed E-state index contributed by atoms with van der Waals surface area (Å²) in [6.07, 6.45) is 1.04. The number of fused-ring (bicyclic) bond motifs is 1. The van der Waals surface area contributed by atoms with Crippen molar-refractivity contribution in [3.8, 4) is 17.0 Å². The van der Waals surface area contributed by atoms with Crippen molar-refractivity contribution in [3.63, 3.8) is 0 Å². The molecular weight excluding hydrogens is 420 g/mol. The lowest BCUT2D eigenvalue weighted by Gasteiger charge is -2.20. The Bertz CT molecular complexity index is 1160. The largest absolute Gasteiger partial charge is 0.482 e. The molecule has 168 valence electrons. The highest BCUT2D eigenvalue weighted by molar-refractivity contribution is 7.07. The van der Waals surface area contributed by atoms with Crippen LogP contribution in [-0.4, -0.2) is 41.6 Å². The molecule has 1 amide bonds. The third-order valence-corrected chi connectivity index (χ3v) is 6.55. The van der Waals surface area contributed by atoms with E-state index >= 15 is 0 Å². The predicted octanol–water partition coefficient (Wildman–Crippen LogP) is 4.82. The summed E-state index contributed by atoms with van der Waals surface area (Å²) in [5.41, 5.74) is 5.02. The Kier molecular flexibility index (Phi) is 7.07. The number of thiazole rings is 1. The zero-order valence-corrected chi connectivity index (χ0v) is 19.7. The van der Waals surface area contributed by atoms with Crippen molar-refractivity contribution >= 4 is 28.6 Å². The molecule has 1 aliphatic heterocycles. The quantitative estimate of drug-likeness (QED) is 0.535. The van der Waals surface area contributed by atoms with Crippen molar-refractivity contribution in [2.75, 3.05) is 31.6 Å². The molecule has 0 aliphatic carbocycles. The van der Waals surface area contributed by atoms with Gasteiger partial charge in [0.2, 0.25) is 0 Å². The molecule has 2 heterocycles. The molecule has 0 atom stereocenters. The summed E-state index contributed by atoms with van der Waals surface area (Å²) in [6, 6.07) is 14.2. The van der Waals surface area contributed by atoms with Crippen molar-refractivity contribution in [1.82, 2.24) is 9.47 Å². The molecule has 0 saturated heterocycles. The minimum Gasteiger partial charge on any atom is -0.482 e. The molecule has 0 unspecified atom stereocenters. The van der Waals surface area contributed by atoms with E-state index in [1.54, 1.807) is 11.3 Å². The van der Waals surface area contributed by atoms with Gasteiger partial charge in [-0.25, -0.2) is 4.99 Å². The molecule has 0 bridgehead atoms. The SMILES string of the molecule is CCN(CC)CCCn1c(-c2ccc3c(c2)NC(=O)CO3)csc1=Nc1cccc(C)c1. The van der Waals surface area contributed by atoms with Gasteiger partial charge in [0.05, 0.1) is 17.1 Å². The molecule has 1 aromatic heterocycles. The number of benzene rings is 2.